The van der Waals surface area contributed by atoms with E-state index in [-0.39, 0.29) is 41.4 Å². The molecule has 2 saturated heterocycles. The lowest BCUT2D eigenvalue weighted by molar-refractivity contribution is -0.0132. The molecule has 0 aromatic heterocycles. The molecule has 11 nitrogen and oxygen atoms in total. The van der Waals surface area contributed by atoms with Gasteiger partial charge in [-0.3, -0.25) is 9.59 Å². The van der Waals surface area contributed by atoms with Crippen molar-refractivity contribution in [1.29, 1.82) is 0 Å². The number of nitrogens with one attached hydrogen (secondary N) is 1. The molecule has 3 aromatic rings. The first kappa shape index (κ1) is 42.1. The zero-order valence-corrected chi connectivity index (χ0v) is 32.3. The Morgan fingerprint density at radius 1 is 0.830 bits per heavy atom. The number of halogens is 3. The van der Waals surface area contributed by atoms with Crippen LogP contribution in [0.25, 0.3) is 0 Å². The molecule has 2 aliphatic heterocycles. The average molecular weight is 778 g/mol. The highest BCUT2D eigenvalue weighted by Crippen LogP contribution is 2.33. The third kappa shape index (κ3) is 11.9. The first-order valence-corrected chi connectivity index (χ1v) is 18.4. The van der Waals surface area contributed by atoms with Gasteiger partial charge in [0.05, 0.1) is 65.6 Å². The molecule has 2 fully saturated rings. The van der Waals surface area contributed by atoms with E-state index in [0.717, 1.165) is 52.0 Å². The van der Waals surface area contributed by atoms with Crippen LogP contribution in [0.1, 0.15) is 52.8 Å². The van der Waals surface area contributed by atoms with E-state index in [1.165, 1.54) is 26.4 Å². The number of nitrogen functional groups attached to an aromatic ring is 2. The van der Waals surface area contributed by atoms with Gasteiger partial charge in [0.2, 0.25) is 0 Å². The number of piperidine rings is 2. The zero-order valence-electron chi connectivity index (χ0n) is 30.8. The van der Waals surface area contributed by atoms with Gasteiger partial charge in [0, 0.05) is 58.8 Å². The van der Waals surface area contributed by atoms with Crippen LogP contribution in [-0.4, -0.2) is 96.4 Å². The maximum atomic E-state index is 13.0. The molecule has 0 radical (unpaired) electrons. The van der Waals surface area contributed by atoms with Gasteiger partial charge in [-0.1, -0.05) is 23.2 Å². The summed E-state index contributed by atoms with van der Waals surface area (Å²) in [6, 6.07) is 12.4. The number of hydrogen-bond donors (Lipinski definition) is 3. The van der Waals surface area contributed by atoms with E-state index in [1.54, 1.807) is 50.6 Å². The zero-order chi connectivity index (χ0) is 38.5. The Bertz CT molecular complexity index is 1670. The van der Waals surface area contributed by atoms with Gasteiger partial charge in [0.1, 0.15) is 23.1 Å². The lowest BCUT2D eigenvalue weighted by Crippen LogP contribution is -2.45. The van der Waals surface area contributed by atoms with Crippen LogP contribution in [0.5, 0.6) is 17.2 Å². The second-order valence-corrected chi connectivity index (χ2v) is 14.0. The monoisotopic (exact) mass is 776 g/mol. The van der Waals surface area contributed by atoms with Crippen LogP contribution in [0.4, 0.5) is 15.8 Å². The number of anilines is 2. The summed E-state index contributed by atoms with van der Waals surface area (Å²) in [5.74, 6) is 1.57. The fraction of sp³-hybridized carbons (Fsp3) is 0.487. The maximum absolute atomic E-state index is 13.0. The summed E-state index contributed by atoms with van der Waals surface area (Å²) in [6.45, 7) is 4.73. The molecule has 14 heteroatoms. The molecule has 4 unspecified atom stereocenters. The van der Waals surface area contributed by atoms with Crippen LogP contribution in [0.15, 0.2) is 48.5 Å². The van der Waals surface area contributed by atoms with E-state index >= 15 is 0 Å². The van der Waals surface area contributed by atoms with Crippen LogP contribution in [0.3, 0.4) is 0 Å². The summed E-state index contributed by atoms with van der Waals surface area (Å²) in [5.41, 5.74) is 13.3. The molecular weight excluding hydrogens is 726 g/mol. The van der Waals surface area contributed by atoms with E-state index < -0.39 is 0 Å². The summed E-state index contributed by atoms with van der Waals surface area (Å²) >= 11 is 12.1. The van der Waals surface area contributed by atoms with Crippen LogP contribution in [0.2, 0.25) is 10.0 Å². The summed E-state index contributed by atoms with van der Waals surface area (Å²) < 4.78 is 40.4. The Labute approximate surface area is 321 Å². The van der Waals surface area contributed by atoms with E-state index in [4.69, 9.17) is 58.4 Å². The Hall–Kier alpha value is -3.65. The number of nitrogens with two attached hydrogens (primary N) is 2. The molecule has 53 heavy (non-hydrogen) atoms. The highest BCUT2D eigenvalue weighted by molar-refractivity contribution is 6.34. The van der Waals surface area contributed by atoms with Crippen molar-refractivity contribution in [2.75, 3.05) is 79.2 Å². The van der Waals surface area contributed by atoms with E-state index in [1.807, 2.05) is 0 Å². The van der Waals surface area contributed by atoms with Gasteiger partial charge in [0.25, 0.3) is 0 Å². The Morgan fingerprint density at radius 3 is 1.91 bits per heavy atom. The first-order chi connectivity index (χ1) is 25.5. The normalized spacial score (nSPS) is 20.2. The van der Waals surface area contributed by atoms with Gasteiger partial charge >= 0.3 is 0 Å². The molecule has 0 bridgehead atoms. The standard InChI is InChI=1S/C24H30ClFN2O4.C15H21ClN2O3/c1-30-23-14-21(27)20(25)13-19(23)22(29)12-16-8-10-28(15-24(16)31-2)9-3-11-32-18-6-4-17(26)5-7-18;1-20-14-7-12(17)11(16)6-10(14)13(19)5-9-3-4-18-8-15(9)21-2/h4-7,13-14,16,24H,3,8-12,15,27H2,1-2H3;6-7,9,15,18H,3-5,8,17H2,1-2H3. The molecule has 0 saturated carbocycles. The lowest BCUT2D eigenvalue weighted by Gasteiger charge is -2.37. The van der Waals surface area contributed by atoms with Crippen molar-refractivity contribution in [3.05, 3.63) is 75.5 Å². The number of carbonyl (C=O) groups excluding carboxylic acids is 2. The minimum absolute atomic E-state index is 0.00250. The van der Waals surface area contributed by atoms with Crippen molar-refractivity contribution in [2.24, 2.45) is 11.8 Å². The van der Waals surface area contributed by atoms with Crippen molar-refractivity contribution in [3.63, 3.8) is 0 Å². The van der Waals surface area contributed by atoms with Crippen molar-refractivity contribution in [1.82, 2.24) is 10.2 Å². The number of rotatable bonds is 15. The van der Waals surface area contributed by atoms with Crippen LogP contribution < -0.4 is 31.0 Å². The molecule has 5 rings (SSSR count). The van der Waals surface area contributed by atoms with Crippen LogP contribution in [-0.2, 0) is 9.47 Å². The number of nitrogens with zero attached hydrogens (tertiary/aromatic N) is 1. The van der Waals surface area contributed by atoms with Gasteiger partial charge in [-0.05, 0) is 80.6 Å². The van der Waals surface area contributed by atoms with Crippen LogP contribution >= 0.6 is 23.2 Å². The predicted molar refractivity (Wildman–Crippen MR) is 206 cm³/mol. The fourth-order valence-electron chi connectivity index (χ4n) is 6.74. The topological polar surface area (TPSA) is 148 Å². The largest absolute Gasteiger partial charge is 0.496 e. The summed E-state index contributed by atoms with van der Waals surface area (Å²) in [4.78, 5) is 27.9. The molecule has 0 aliphatic carbocycles. The van der Waals surface area contributed by atoms with Crippen molar-refractivity contribution >= 4 is 46.1 Å². The van der Waals surface area contributed by atoms with Crippen molar-refractivity contribution in [3.8, 4) is 17.2 Å². The number of methoxy groups -OCH3 is 4. The smallest absolute Gasteiger partial charge is 0.167 e. The summed E-state index contributed by atoms with van der Waals surface area (Å²) in [7, 11) is 6.39. The second-order valence-electron chi connectivity index (χ2n) is 13.2. The van der Waals surface area contributed by atoms with Gasteiger partial charge in [-0.25, -0.2) is 4.39 Å². The molecule has 2 heterocycles. The SMILES string of the molecule is COc1cc(N)c(Cl)cc1C(=O)CC1CCN(CCCOc2ccc(F)cc2)CC1OC.COc1cc(N)c(Cl)cc1C(=O)CC1CCNCC1OC. The Kier molecular flexibility index (Phi) is 16.4. The van der Waals surface area contributed by atoms with Gasteiger partial charge in [-0.2, -0.15) is 0 Å². The molecular formula is C39H51Cl2FN4O7. The highest BCUT2D eigenvalue weighted by Gasteiger charge is 2.32. The number of carbonyl (C=O) groups is 2. The highest BCUT2D eigenvalue weighted by atomic mass is 35.5. The fourth-order valence-corrected chi connectivity index (χ4v) is 7.07. The first-order valence-electron chi connectivity index (χ1n) is 17.7. The molecule has 290 valence electrons. The Balaban J connectivity index is 0.000000258. The third-order valence-corrected chi connectivity index (χ3v) is 10.4. The molecule has 0 spiro atoms. The maximum Gasteiger partial charge on any atom is 0.167 e. The van der Waals surface area contributed by atoms with Crippen LogP contribution in [0, 0.1) is 17.7 Å². The summed E-state index contributed by atoms with van der Waals surface area (Å²) in [6.07, 6.45) is 3.40. The quantitative estimate of drug-likeness (QED) is 0.0874. The van der Waals surface area contributed by atoms with Gasteiger partial charge in [-0.15, -0.1) is 0 Å². The number of ketones is 2. The third-order valence-electron chi connectivity index (χ3n) is 9.78. The van der Waals surface area contributed by atoms with E-state index in [9.17, 15) is 14.0 Å². The number of hydrogen-bond acceptors (Lipinski definition) is 11. The molecule has 3 aromatic carbocycles. The Morgan fingerprint density at radius 2 is 1.38 bits per heavy atom. The molecule has 2 aliphatic rings. The number of benzene rings is 3. The second kappa shape index (κ2) is 20.7. The van der Waals surface area contributed by atoms with Gasteiger partial charge < -0.3 is 45.4 Å². The number of ether oxygens (including phenoxy) is 5. The molecule has 0 amide bonds. The van der Waals surface area contributed by atoms with Gasteiger partial charge in [0.15, 0.2) is 11.6 Å². The average Bonchev–Trinajstić information content (AvgIpc) is 3.16. The van der Waals surface area contributed by atoms with E-state index in [0.29, 0.717) is 69.2 Å². The van der Waals surface area contributed by atoms with E-state index in [2.05, 4.69) is 10.2 Å². The molecule has 4 atom stereocenters. The minimum Gasteiger partial charge on any atom is -0.496 e. The summed E-state index contributed by atoms with van der Waals surface area (Å²) in [5, 5.41) is 3.98. The van der Waals surface area contributed by atoms with Crippen molar-refractivity contribution in [2.45, 2.75) is 44.3 Å². The lowest BCUT2D eigenvalue weighted by atomic mass is 9.87. The van der Waals surface area contributed by atoms with Crippen molar-refractivity contribution < 1.29 is 37.7 Å². The number of Topliss-reactive ketones (excluding diaryl/α,β-unsaturated/α-hetero) is 2. The predicted octanol–water partition coefficient (Wildman–Crippen LogP) is 6.58. The molecule has 5 N–H and O–H groups in total. The number of likely N-dealkylation sites (tertiary alicyclic amines) is 1. The minimum atomic E-state index is -0.276.